The second kappa shape index (κ2) is 4.33. The Balaban J connectivity index is 2.27. The van der Waals surface area contributed by atoms with Crippen molar-refractivity contribution in [3.8, 4) is 0 Å². The van der Waals surface area contributed by atoms with Crippen LogP contribution in [0, 0.1) is 0 Å². The first-order valence-electron chi connectivity index (χ1n) is 5.64. The molecule has 4 heteroatoms. The Labute approximate surface area is 91.1 Å². The van der Waals surface area contributed by atoms with Gasteiger partial charge in [-0.1, -0.05) is 6.42 Å². The van der Waals surface area contributed by atoms with Crippen LogP contribution in [0.2, 0.25) is 0 Å². The van der Waals surface area contributed by atoms with E-state index in [1.165, 1.54) is 18.5 Å². The molecule has 84 valence electrons. The maximum Gasteiger partial charge on any atom is 0.0667 e. The van der Waals surface area contributed by atoms with Crippen LogP contribution in [0.15, 0.2) is 12.3 Å². The molecule has 2 heterocycles. The van der Waals surface area contributed by atoms with Crippen LogP contribution < -0.4 is 5.73 Å². The number of nitrogens with zero attached hydrogens (tertiary/aromatic N) is 3. The molecule has 1 aromatic heterocycles. The maximum atomic E-state index is 6.25. The van der Waals surface area contributed by atoms with E-state index in [0.717, 1.165) is 13.0 Å². The van der Waals surface area contributed by atoms with Gasteiger partial charge < -0.3 is 5.73 Å². The molecular formula is C11H20N4. The third-order valence-corrected chi connectivity index (χ3v) is 3.34. The standard InChI is InChI=1S/C11H20N4/c1-14-8-4-3-5-9(12)11(14)10-6-7-13-15(10)2/h6-7,9,11H,3-5,8,12H2,1-2H3. The number of nitrogens with two attached hydrogens (primary N) is 1. The number of rotatable bonds is 1. The second-order valence-corrected chi connectivity index (χ2v) is 4.46. The van der Waals surface area contributed by atoms with Gasteiger partial charge in [-0.25, -0.2) is 0 Å². The quantitative estimate of drug-likeness (QED) is 0.746. The molecule has 2 unspecified atom stereocenters. The van der Waals surface area contributed by atoms with E-state index < -0.39 is 0 Å². The lowest BCUT2D eigenvalue weighted by molar-refractivity contribution is 0.220. The van der Waals surface area contributed by atoms with Crippen LogP contribution in [0.3, 0.4) is 0 Å². The van der Waals surface area contributed by atoms with E-state index in [1.54, 1.807) is 0 Å². The van der Waals surface area contributed by atoms with Gasteiger partial charge in [0.1, 0.15) is 0 Å². The second-order valence-electron chi connectivity index (χ2n) is 4.46. The fourth-order valence-corrected chi connectivity index (χ4v) is 2.48. The molecule has 2 rings (SSSR count). The smallest absolute Gasteiger partial charge is 0.0667 e. The Morgan fingerprint density at radius 1 is 1.40 bits per heavy atom. The highest BCUT2D eigenvalue weighted by Gasteiger charge is 2.28. The number of aromatic nitrogens is 2. The van der Waals surface area contributed by atoms with Gasteiger partial charge in [0.25, 0.3) is 0 Å². The number of aryl methyl sites for hydroxylation is 1. The Hall–Kier alpha value is -0.870. The average Bonchev–Trinajstić information content (AvgIpc) is 2.53. The molecule has 2 N–H and O–H groups in total. The molecule has 1 aliphatic rings. The van der Waals surface area contributed by atoms with Gasteiger partial charge in [-0.05, 0) is 32.5 Å². The van der Waals surface area contributed by atoms with Crippen molar-refractivity contribution in [1.82, 2.24) is 14.7 Å². The number of hydrogen-bond donors (Lipinski definition) is 1. The fraction of sp³-hybridized carbons (Fsp3) is 0.727. The molecule has 0 radical (unpaired) electrons. The predicted molar refractivity (Wildman–Crippen MR) is 60.4 cm³/mol. The topological polar surface area (TPSA) is 47.1 Å². The molecule has 0 spiro atoms. The van der Waals surface area contributed by atoms with Gasteiger partial charge in [0.2, 0.25) is 0 Å². The lowest BCUT2D eigenvalue weighted by Crippen LogP contribution is -2.38. The molecule has 1 aromatic rings. The summed E-state index contributed by atoms with van der Waals surface area (Å²) in [4.78, 5) is 2.36. The highest BCUT2D eigenvalue weighted by Crippen LogP contribution is 2.27. The molecule has 1 saturated heterocycles. The van der Waals surface area contributed by atoms with Gasteiger partial charge in [0, 0.05) is 19.3 Å². The van der Waals surface area contributed by atoms with Crippen LogP contribution in [0.4, 0.5) is 0 Å². The van der Waals surface area contributed by atoms with Gasteiger partial charge in [0.15, 0.2) is 0 Å². The van der Waals surface area contributed by atoms with Gasteiger partial charge in [0.05, 0.1) is 11.7 Å². The number of likely N-dealkylation sites (tertiary alicyclic amines) is 1. The normalized spacial score (nSPS) is 29.0. The van der Waals surface area contributed by atoms with Crippen LogP contribution in [0.25, 0.3) is 0 Å². The van der Waals surface area contributed by atoms with E-state index in [0.29, 0.717) is 6.04 Å². The van der Waals surface area contributed by atoms with Crippen molar-refractivity contribution in [2.75, 3.05) is 13.6 Å². The van der Waals surface area contributed by atoms with Crippen LogP contribution in [-0.4, -0.2) is 34.3 Å². The molecule has 4 nitrogen and oxygen atoms in total. The van der Waals surface area contributed by atoms with Crippen LogP contribution in [0.1, 0.15) is 31.0 Å². The molecular weight excluding hydrogens is 188 g/mol. The summed E-state index contributed by atoms with van der Waals surface area (Å²) in [5, 5.41) is 4.23. The summed E-state index contributed by atoms with van der Waals surface area (Å²) in [6, 6.07) is 2.62. The molecule has 0 aliphatic carbocycles. The highest BCUT2D eigenvalue weighted by molar-refractivity contribution is 5.10. The van der Waals surface area contributed by atoms with Crippen molar-refractivity contribution >= 4 is 0 Å². The molecule has 1 aliphatic heterocycles. The molecule has 0 bridgehead atoms. The first-order valence-corrected chi connectivity index (χ1v) is 5.64. The van der Waals surface area contributed by atoms with Crippen molar-refractivity contribution in [3.05, 3.63) is 18.0 Å². The Kier molecular flexibility index (Phi) is 3.07. The average molecular weight is 208 g/mol. The highest BCUT2D eigenvalue weighted by atomic mass is 15.3. The van der Waals surface area contributed by atoms with E-state index >= 15 is 0 Å². The molecule has 0 aromatic carbocycles. The van der Waals surface area contributed by atoms with E-state index in [1.807, 2.05) is 17.9 Å². The fourth-order valence-electron chi connectivity index (χ4n) is 2.48. The van der Waals surface area contributed by atoms with Crippen LogP contribution >= 0.6 is 0 Å². The summed E-state index contributed by atoms with van der Waals surface area (Å²) in [5.41, 5.74) is 7.48. The summed E-state index contributed by atoms with van der Waals surface area (Å²) in [7, 11) is 4.14. The summed E-state index contributed by atoms with van der Waals surface area (Å²) in [6.45, 7) is 1.13. The van der Waals surface area contributed by atoms with E-state index in [-0.39, 0.29) is 6.04 Å². The third kappa shape index (κ3) is 2.06. The molecule has 0 saturated carbocycles. The van der Waals surface area contributed by atoms with Gasteiger partial charge >= 0.3 is 0 Å². The van der Waals surface area contributed by atoms with Crippen LogP contribution in [0.5, 0.6) is 0 Å². The molecule has 1 fully saturated rings. The lowest BCUT2D eigenvalue weighted by atomic mass is 10.0. The minimum Gasteiger partial charge on any atom is -0.326 e. The minimum absolute atomic E-state index is 0.230. The zero-order valence-corrected chi connectivity index (χ0v) is 9.56. The maximum absolute atomic E-state index is 6.25. The molecule has 0 amide bonds. The zero-order valence-electron chi connectivity index (χ0n) is 9.56. The van der Waals surface area contributed by atoms with E-state index in [4.69, 9.17) is 5.73 Å². The Morgan fingerprint density at radius 3 is 2.87 bits per heavy atom. The van der Waals surface area contributed by atoms with Crippen molar-refractivity contribution < 1.29 is 0 Å². The van der Waals surface area contributed by atoms with Crippen molar-refractivity contribution in [2.45, 2.75) is 31.3 Å². The van der Waals surface area contributed by atoms with Crippen LogP contribution in [-0.2, 0) is 7.05 Å². The summed E-state index contributed by atoms with van der Waals surface area (Å²) in [6.07, 6.45) is 5.44. The SMILES string of the molecule is CN1CCCCC(N)C1c1ccnn1C. The first-order chi connectivity index (χ1) is 7.20. The summed E-state index contributed by atoms with van der Waals surface area (Å²) >= 11 is 0. The molecule has 15 heavy (non-hydrogen) atoms. The monoisotopic (exact) mass is 208 g/mol. The number of hydrogen-bond acceptors (Lipinski definition) is 3. The van der Waals surface area contributed by atoms with Gasteiger partial charge in [-0.2, -0.15) is 5.10 Å². The minimum atomic E-state index is 0.230. The van der Waals surface area contributed by atoms with Crippen molar-refractivity contribution in [2.24, 2.45) is 12.8 Å². The van der Waals surface area contributed by atoms with E-state index in [9.17, 15) is 0 Å². The van der Waals surface area contributed by atoms with Gasteiger partial charge in [-0.15, -0.1) is 0 Å². The van der Waals surface area contributed by atoms with Crippen molar-refractivity contribution in [1.29, 1.82) is 0 Å². The zero-order chi connectivity index (χ0) is 10.8. The number of likely N-dealkylation sites (N-methyl/N-ethyl adjacent to an activating group) is 1. The van der Waals surface area contributed by atoms with Gasteiger partial charge in [-0.3, -0.25) is 9.58 Å². The largest absolute Gasteiger partial charge is 0.326 e. The Morgan fingerprint density at radius 2 is 2.20 bits per heavy atom. The van der Waals surface area contributed by atoms with Crippen molar-refractivity contribution in [3.63, 3.8) is 0 Å². The van der Waals surface area contributed by atoms with E-state index in [2.05, 4.69) is 23.1 Å². The third-order valence-electron chi connectivity index (χ3n) is 3.34. The Bertz CT molecular complexity index is 308. The molecule has 2 atom stereocenters. The summed E-state index contributed by atoms with van der Waals surface area (Å²) in [5.74, 6) is 0. The lowest BCUT2D eigenvalue weighted by Gasteiger charge is -2.30. The summed E-state index contributed by atoms with van der Waals surface area (Å²) < 4.78 is 1.94. The first kappa shape index (κ1) is 10.6. The predicted octanol–water partition coefficient (Wildman–Crippen LogP) is 0.904.